The van der Waals surface area contributed by atoms with Gasteiger partial charge in [0.15, 0.2) is 0 Å². The van der Waals surface area contributed by atoms with Crippen LogP contribution in [0.1, 0.15) is 15.9 Å². The monoisotopic (exact) mass is 304 g/mol. The van der Waals surface area contributed by atoms with Crippen LogP contribution in [0.2, 0.25) is 0 Å². The van der Waals surface area contributed by atoms with Crippen molar-refractivity contribution in [3.8, 4) is 5.75 Å². The van der Waals surface area contributed by atoms with Gasteiger partial charge in [-0.1, -0.05) is 0 Å². The predicted molar refractivity (Wildman–Crippen MR) is 63.1 cm³/mol. The Morgan fingerprint density at radius 2 is 2.05 bits per heavy atom. The average molecular weight is 304 g/mol. The summed E-state index contributed by atoms with van der Waals surface area (Å²) in [6.45, 7) is 0. The van der Waals surface area contributed by atoms with E-state index in [0.717, 1.165) is 7.11 Å². The van der Waals surface area contributed by atoms with Crippen molar-refractivity contribution in [3.63, 3.8) is 0 Å². The zero-order valence-corrected chi connectivity index (χ0v) is 10.8. The molecule has 0 aromatic heterocycles. The molecule has 1 aromatic rings. The number of methoxy groups -OCH3 is 1. The number of aliphatic carboxylic acids is 1. The van der Waals surface area contributed by atoms with Gasteiger partial charge in [-0.05, 0) is 30.2 Å². The van der Waals surface area contributed by atoms with Crippen LogP contribution in [0.25, 0.3) is 0 Å². The van der Waals surface area contributed by atoms with Crippen LogP contribution in [0.5, 0.6) is 5.75 Å². The Hall–Kier alpha value is -2.25. The van der Waals surface area contributed by atoms with Crippen LogP contribution in [0.4, 0.5) is 13.2 Å². The fraction of sp³-hybridized carbons (Fsp3) is 0.385. The molecule has 0 aliphatic carbocycles. The van der Waals surface area contributed by atoms with Crippen molar-refractivity contribution in [2.24, 2.45) is 5.92 Å². The van der Waals surface area contributed by atoms with E-state index in [4.69, 9.17) is 9.84 Å². The first-order valence-electron chi connectivity index (χ1n) is 5.91. The lowest BCUT2D eigenvalue weighted by Gasteiger charge is -2.32. The molecular formula is C13H11F3O5. The van der Waals surface area contributed by atoms with Gasteiger partial charge >= 0.3 is 18.1 Å². The second-order valence-corrected chi connectivity index (χ2v) is 4.54. The topological polar surface area (TPSA) is 72.8 Å². The molecule has 0 amide bonds. The van der Waals surface area contributed by atoms with Gasteiger partial charge in [-0.3, -0.25) is 4.79 Å². The van der Waals surface area contributed by atoms with E-state index >= 15 is 0 Å². The molecule has 0 saturated heterocycles. The first-order chi connectivity index (χ1) is 9.74. The number of rotatable bonds is 2. The molecule has 1 aromatic carbocycles. The number of hydrogen-bond acceptors (Lipinski definition) is 4. The highest BCUT2D eigenvalue weighted by molar-refractivity contribution is 5.89. The average Bonchev–Trinajstić information content (AvgIpc) is 2.43. The van der Waals surface area contributed by atoms with Crippen molar-refractivity contribution in [1.29, 1.82) is 0 Å². The number of alkyl halides is 3. The molecule has 1 aliphatic heterocycles. The number of carbonyl (C=O) groups excluding carboxylic acids is 1. The van der Waals surface area contributed by atoms with Crippen molar-refractivity contribution in [2.75, 3.05) is 7.11 Å². The van der Waals surface area contributed by atoms with E-state index in [-0.39, 0.29) is 23.3 Å². The van der Waals surface area contributed by atoms with Gasteiger partial charge in [0.25, 0.3) is 0 Å². The molecule has 8 heteroatoms. The Kier molecular flexibility index (Phi) is 3.80. The predicted octanol–water partition coefficient (Wildman–Crippen LogP) is 2.04. The number of carboxylic acid groups (broad SMARTS) is 1. The summed E-state index contributed by atoms with van der Waals surface area (Å²) in [6, 6.07) is 3.75. The van der Waals surface area contributed by atoms with Crippen molar-refractivity contribution >= 4 is 11.9 Å². The van der Waals surface area contributed by atoms with E-state index < -0.39 is 30.1 Å². The minimum Gasteiger partial charge on any atom is -0.481 e. The Labute approximate surface area is 117 Å². The molecule has 5 nitrogen and oxygen atoms in total. The van der Waals surface area contributed by atoms with Crippen molar-refractivity contribution in [3.05, 3.63) is 29.3 Å². The summed E-state index contributed by atoms with van der Waals surface area (Å²) >= 11 is 0. The maximum absolute atomic E-state index is 12.8. The molecule has 0 saturated carbocycles. The van der Waals surface area contributed by atoms with Gasteiger partial charge in [0.2, 0.25) is 6.10 Å². The molecule has 0 fully saturated rings. The maximum atomic E-state index is 12.8. The molecule has 1 heterocycles. The first-order valence-corrected chi connectivity index (χ1v) is 5.91. The highest BCUT2D eigenvalue weighted by Gasteiger charge is 2.52. The standard InChI is InChI=1S/C13H11F3O5/c1-20-12(19)6-2-3-9-7(4-6)5-8(11(17)18)10(21-9)13(14,15)16/h2-4,8,10H,5H2,1H3,(H,17,18). The molecule has 2 unspecified atom stereocenters. The van der Waals surface area contributed by atoms with Crippen LogP contribution in [-0.4, -0.2) is 36.4 Å². The zero-order chi connectivity index (χ0) is 15.8. The lowest BCUT2D eigenvalue weighted by Crippen LogP contribution is -2.47. The van der Waals surface area contributed by atoms with Crippen molar-refractivity contribution < 1.29 is 37.3 Å². The number of carbonyl (C=O) groups is 2. The van der Waals surface area contributed by atoms with E-state index in [1.54, 1.807) is 0 Å². The molecule has 0 radical (unpaired) electrons. The summed E-state index contributed by atoms with van der Waals surface area (Å²) in [7, 11) is 1.16. The third kappa shape index (κ3) is 2.93. The minimum atomic E-state index is -4.79. The molecular weight excluding hydrogens is 293 g/mol. The zero-order valence-electron chi connectivity index (χ0n) is 10.8. The van der Waals surface area contributed by atoms with Crippen LogP contribution in [0.15, 0.2) is 18.2 Å². The second kappa shape index (κ2) is 5.27. The van der Waals surface area contributed by atoms with Crippen molar-refractivity contribution in [1.82, 2.24) is 0 Å². The third-order valence-electron chi connectivity index (χ3n) is 3.18. The van der Waals surface area contributed by atoms with Gasteiger partial charge in [0, 0.05) is 0 Å². The van der Waals surface area contributed by atoms with Gasteiger partial charge in [-0.2, -0.15) is 13.2 Å². The molecule has 21 heavy (non-hydrogen) atoms. The summed E-state index contributed by atoms with van der Waals surface area (Å²) in [5.41, 5.74) is 0.347. The van der Waals surface area contributed by atoms with Crippen LogP contribution >= 0.6 is 0 Å². The fourth-order valence-corrected chi connectivity index (χ4v) is 2.17. The molecule has 0 spiro atoms. The number of fused-ring (bicyclic) bond motifs is 1. The van der Waals surface area contributed by atoms with Crippen LogP contribution < -0.4 is 4.74 Å². The van der Waals surface area contributed by atoms with E-state index in [2.05, 4.69) is 4.74 Å². The summed E-state index contributed by atoms with van der Waals surface area (Å²) in [5, 5.41) is 8.95. The number of halogens is 3. The molecule has 1 N–H and O–H groups in total. The number of esters is 1. The SMILES string of the molecule is COC(=O)c1ccc2c(c1)CC(C(=O)O)C(C(F)(F)F)O2. The fourth-order valence-electron chi connectivity index (χ4n) is 2.17. The maximum Gasteiger partial charge on any atom is 0.426 e. The Balaban J connectivity index is 2.40. The second-order valence-electron chi connectivity index (χ2n) is 4.54. The normalized spacial score (nSPS) is 21.1. The molecule has 1 aliphatic rings. The summed E-state index contributed by atoms with van der Waals surface area (Å²) < 4.78 is 47.8. The van der Waals surface area contributed by atoms with Gasteiger partial charge in [-0.15, -0.1) is 0 Å². The quantitative estimate of drug-likeness (QED) is 0.846. The lowest BCUT2D eigenvalue weighted by molar-refractivity contribution is -0.217. The highest BCUT2D eigenvalue weighted by Crippen LogP contribution is 2.38. The largest absolute Gasteiger partial charge is 0.481 e. The van der Waals surface area contributed by atoms with Gasteiger partial charge < -0.3 is 14.6 Å². The lowest BCUT2D eigenvalue weighted by atomic mass is 9.89. The molecule has 2 atom stereocenters. The van der Waals surface area contributed by atoms with E-state index in [9.17, 15) is 22.8 Å². The van der Waals surface area contributed by atoms with E-state index in [1.807, 2.05) is 0 Å². The Morgan fingerprint density at radius 1 is 1.38 bits per heavy atom. The third-order valence-corrected chi connectivity index (χ3v) is 3.18. The summed E-state index contributed by atoms with van der Waals surface area (Å²) in [6.07, 6.45) is -7.58. The Bertz CT molecular complexity index is 582. The number of benzene rings is 1. The van der Waals surface area contributed by atoms with Crippen LogP contribution in [-0.2, 0) is 16.0 Å². The Morgan fingerprint density at radius 3 is 2.57 bits per heavy atom. The number of ether oxygens (including phenoxy) is 2. The molecule has 114 valence electrons. The highest BCUT2D eigenvalue weighted by atomic mass is 19.4. The number of carboxylic acids is 1. The van der Waals surface area contributed by atoms with E-state index in [1.165, 1.54) is 18.2 Å². The van der Waals surface area contributed by atoms with Crippen LogP contribution in [0, 0.1) is 5.92 Å². The van der Waals surface area contributed by atoms with Crippen molar-refractivity contribution in [2.45, 2.75) is 18.7 Å². The molecule has 2 rings (SSSR count). The smallest absolute Gasteiger partial charge is 0.426 e. The van der Waals surface area contributed by atoms with Gasteiger partial charge in [0.05, 0.1) is 12.7 Å². The van der Waals surface area contributed by atoms with Gasteiger partial charge in [0.1, 0.15) is 11.7 Å². The van der Waals surface area contributed by atoms with E-state index in [0.29, 0.717) is 0 Å². The summed E-state index contributed by atoms with van der Waals surface area (Å²) in [4.78, 5) is 22.4. The van der Waals surface area contributed by atoms with Gasteiger partial charge in [-0.25, -0.2) is 4.79 Å². The molecule has 0 bridgehead atoms. The number of hydrogen-bond donors (Lipinski definition) is 1. The summed E-state index contributed by atoms with van der Waals surface area (Å²) in [5.74, 6) is -4.11. The van der Waals surface area contributed by atoms with Crippen LogP contribution in [0.3, 0.4) is 0 Å². The minimum absolute atomic E-state index is 0.0810. The first kappa shape index (κ1) is 15.1.